The molecule has 1 unspecified atom stereocenters. The number of morpholine rings is 1. The summed E-state index contributed by atoms with van der Waals surface area (Å²) >= 11 is 6.45. The van der Waals surface area contributed by atoms with Crippen LogP contribution in [-0.2, 0) is 9.53 Å². The number of benzene rings is 1. The van der Waals surface area contributed by atoms with E-state index in [1.807, 2.05) is 52.8 Å². The average Bonchev–Trinajstić information content (AvgIpc) is 3.22. The van der Waals surface area contributed by atoms with Crippen LogP contribution >= 0.6 is 11.6 Å². The van der Waals surface area contributed by atoms with Crippen LogP contribution in [-0.4, -0.2) is 69.0 Å². The zero-order valence-corrected chi connectivity index (χ0v) is 23.5. The third-order valence-electron chi connectivity index (χ3n) is 7.15. The number of pyridine rings is 2. The van der Waals surface area contributed by atoms with Crippen LogP contribution in [0.1, 0.15) is 42.4 Å². The van der Waals surface area contributed by atoms with E-state index in [9.17, 15) is 9.59 Å². The molecule has 0 saturated carbocycles. The normalized spacial score (nSPS) is 18.3. The molecule has 0 bridgehead atoms. The van der Waals surface area contributed by atoms with Crippen LogP contribution in [0.25, 0.3) is 21.8 Å². The fourth-order valence-electron chi connectivity index (χ4n) is 5.35. The second-order valence-electron chi connectivity index (χ2n) is 10.9. The Hall–Kier alpha value is -3.53. The Kier molecular flexibility index (Phi) is 7.33. The number of aromatic nitrogens is 3. The number of fused-ring (bicyclic) bond motifs is 3. The number of amides is 2. The minimum atomic E-state index is -0.556. The van der Waals surface area contributed by atoms with Crippen molar-refractivity contribution in [2.24, 2.45) is 0 Å². The number of carbonyl (C=O) groups is 2. The van der Waals surface area contributed by atoms with E-state index >= 15 is 0 Å². The number of nitrogens with zero attached hydrogens (tertiary/aromatic N) is 3. The Morgan fingerprint density at radius 1 is 1.23 bits per heavy atom. The SMILES string of the molecule is Cc1ccnc(C)c1C(=O)N[C@@H](C)CN1CC(C)(C)OCC1C(=O)Nc1cc(Cl)cc2c1[nH]c1cnccc12. The van der Waals surface area contributed by atoms with Crippen molar-refractivity contribution in [2.45, 2.75) is 52.3 Å². The lowest BCUT2D eigenvalue weighted by Gasteiger charge is -2.43. The number of nitrogens with one attached hydrogen (secondary N) is 3. The lowest BCUT2D eigenvalue weighted by molar-refractivity contribution is -0.143. The first-order chi connectivity index (χ1) is 18.5. The number of H-pyrrole nitrogens is 1. The highest BCUT2D eigenvalue weighted by Crippen LogP contribution is 2.33. The van der Waals surface area contributed by atoms with Crippen molar-refractivity contribution in [1.82, 2.24) is 25.2 Å². The Bertz CT molecular complexity index is 1550. The van der Waals surface area contributed by atoms with Gasteiger partial charge in [-0.1, -0.05) is 11.6 Å². The van der Waals surface area contributed by atoms with Crippen molar-refractivity contribution in [3.05, 3.63) is 64.7 Å². The third-order valence-corrected chi connectivity index (χ3v) is 7.37. The first-order valence-electron chi connectivity index (χ1n) is 13.0. The number of aryl methyl sites for hydroxylation is 2. The lowest BCUT2D eigenvalue weighted by Crippen LogP contribution is -2.60. The van der Waals surface area contributed by atoms with Crippen LogP contribution in [0.4, 0.5) is 5.69 Å². The fourth-order valence-corrected chi connectivity index (χ4v) is 5.57. The van der Waals surface area contributed by atoms with E-state index in [1.54, 1.807) is 24.7 Å². The predicted octanol–water partition coefficient (Wildman–Crippen LogP) is 4.62. The molecule has 2 atom stereocenters. The van der Waals surface area contributed by atoms with Gasteiger partial charge in [0.25, 0.3) is 5.91 Å². The molecule has 0 aliphatic carbocycles. The highest BCUT2D eigenvalue weighted by Gasteiger charge is 2.38. The summed E-state index contributed by atoms with van der Waals surface area (Å²) in [4.78, 5) is 40.6. The second-order valence-corrected chi connectivity index (χ2v) is 11.3. The molecule has 2 amide bonds. The van der Waals surface area contributed by atoms with Crippen molar-refractivity contribution < 1.29 is 14.3 Å². The highest BCUT2D eigenvalue weighted by atomic mass is 35.5. The molecule has 9 nitrogen and oxygen atoms in total. The van der Waals surface area contributed by atoms with Gasteiger partial charge in [0.15, 0.2) is 0 Å². The third kappa shape index (κ3) is 5.61. The number of ether oxygens (including phenoxy) is 1. The maximum Gasteiger partial charge on any atom is 0.253 e. The Morgan fingerprint density at radius 2 is 2.03 bits per heavy atom. The van der Waals surface area contributed by atoms with Gasteiger partial charge < -0.3 is 20.4 Å². The number of anilines is 1. The zero-order chi connectivity index (χ0) is 27.9. The number of halogens is 1. The number of rotatable bonds is 6. The topological polar surface area (TPSA) is 112 Å². The minimum absolute atomic E-state index is 0.172. The summed E-state index contributed by atoms with van der Waals surface area (Å²) in [5.41, 5.74) is 3.93. The van der Waals surface area contributed by atoms with Gasteiger partial charge >= 0.3 is 0 Å². The van der Waals surface area contributed by atoms with Gasteiger partial charge in [-0.3, -0.25) is 24.5 Å². The quantitative estimate of drug-likeness (QED) is 0.324. The number of hydrogen-bond donors (Lipinski definition) is 3. The Balaban J connectivity index is 1.36. The van der Waals surface area contributed by atoms with Gasteiger partial charge in [0, 0.05) is 47.3 Å². The van der Waals surface area contributed by atoms with E-state index in [2.05, 4.69) is 30.5 Å². The smallest absolute Gasteiger partial charge is 0.253 e. The van der Waals surface area contributed by atoms with E-state index in [0.29, 0.717) is 35.1 Å². The van der Waals surface area contributed by atoms with Gasteiger partial charge in [-0.15, -0.1) is 0 Å². The van der Waals surface area contributed by atoms with Crippen LogP contribution in [0.3, 0.4) is 0 Å². The zero-order valence-electron chi connectivity index (χ0n) is 22.8. The summed E-state index contributed by atoms with van der Waals surface area (Å²) < 4.78 is 6.05. The van der Waals surface area contributed by atoms with Gasteiger partial charge in [0.2, 0.25) is 5.91 Å². The molecule has 39 heavy (non-hydrogen) atoms. The maximum atomic E-state index is 13.7. The Labute approximate surface area is 232 Å². The summed E-state index contributed by atoms with van der Waals surface area (Å²) in [5.74, 6) is -0.378. The van der Waals surface area contributed by atoms with Gasteiger partial charge in [0.05, 0.1) is 46.4 Å². The van der Waals surface area contributed by atoms with Gasteiger partial charge in [-0.05, 0) is 64.4 Å². The van der Waals surface area contributed by atoms with Gasteiger partial charge in [0.1, 0.15) is 6.04 Å². The summed E-state index contributed by atoms with van der Waals surface area (Å²) in [7, 11) is 0. The molecule has 3 aromatic heterocycles. The van der Waals surface area contributed by atoms with Crippen LogP contribution in [0, 0.1) is 13.8 Å². The number of carbonyl (C=O) groups excluding carboxylic acids is 2. The largest absolute Gasteiger partial charge is 0.372 e. The lowest BCUT2D eigenvalue weighted by atomic mass is 10.0. The first-order valence-corrected chi connectivity index (χ1v) is 13.4. The fraction of sp³-hybridized carbons (Fsp3) is 0.379. The highest BCUT2D eigenvalue weighted by molar-refractivity contribution is 6.33. The molecule has 1 aliphatic rings. The van der Waals surface area contributed by atoms with Crippen molar-refractivity contribution in [3.8, 4) is 0 Å². The molecular weight excluding hydrogens is 516 g/mol. The maximum absolute atomic E-state index is 13.7. The predicted molar refractivity (Wildman–Crippen MR) is 153 cm³/mol. The van der Waals surface area contributed by atoms with Crippen molar-refractivity contribution in [1.29, 1.82) is 0 Å². The summed E-state index contributed by atoms with van der Waals surface area (Å²) in [6, 6.07) is 6.58. The van der Waals surface area contributed by atoms with Crippen LogP contribution < -0.4 is 10.6 Å². The van der Waals surface area contributed by atoms with Crippen LogP contribution in [0.15, 0.2) is 42.9 Å². The van der Waals surface area contributed by atoms with Crippen molar-refractivity contribution >= 4 is 50.9 Å². The van der Waals surface area contributed by atoms with Crippen molar-refractivity contribution in [3.63, 3.8) is 0 Å². The molecule has 0 radical (unpaired) electrons. The van der Waals surface area contributed by atoms with E-state index in [1.165, 1.54) is 0 Å². The average molecular weight is 549 g/mol. The van der Waals surface area contributed by atoms with E-state index < -0.39 is 11.6 Å². The first kappa shape index (κ1) is 27.1. The molecule has 5 rings (SSSR count). The van der Waals surface area contributed by atoms with Crippen LogP contribution in [0.2, 0.25) is 5.02 Å². The molecule has 3 N–H and O–H groups in total. The van der Waals surface area contributed by atoms with Crippen LogP contribution in [0.5, 0.6) is 0 Å². The molecule has 10 heteroatoms. The van der Waals surface area contributed by atoms with E-state index in [4.69, 9.17) is 16.3 Å². The number of aromatic amines is 1. The summed E-state index contributed by atoms with van der Waals surface area (Å²) in [5, 5.41) is 8.57. The van der Waals surface area contributed by atoms with E-state index in [-0.39, 0.29) is 24.5 Å². The summed E-state index contributed by atoms with van der Waals surface area (Å²) in [6.45, 7) is 10.9. The second kappa shape index (κ2) is 10.6. The molecular formula is C29H33ClN6O3. The molecule has 1 aromatic carbocycles. The monoisotopic (exact) mass is 548 g/mol. The molecule has 0 spiro atoms. The van der Waals surface area contributed by atoms with E-state index in [0.717, 1.165) is 27.4 Å². The minimum Gasteiger partial charge on any atom is -0.372 e. The molecule has 204 valence electrons. The molecule has 1 saturated heterocycles. The Morgan fingerprint density at radius 3 is 2.79 bits per heavy atom. The molecule has 1 aliphatic heterocycles. The summed E-state index contributed by atoms with van der Waals surface area (Å²) in [6.07, 6.45) is 5.17. The molecule has 4 heterocycles. The number of hydrogen-bond acceptors (Lipinski definition) is 6. The van der Waals surface area contributed by atoms with Gasteiger partial charge in [-0.2, -0.15) is 0 Å². The standard InChI is InChI=1S/C29H33ClN6O3/c1-16-6-9-32-18(3)25(16)28(38)33-17(2)13-36-15-29(4,5)39-14-24(36)27(37)35-22-11-19(30)10-21-20-7-8-31-12-23(20)34-26(21)22/h6-12,17,24,34H,13-15H2,1-5H3,(H,33,38)(H,35,37)/t17-,24?/m0/s1. The molecule has 1 fully saturated rings. The molecule has 4 aromatic rings. The van der Waals surface area contributed by atoms with Crippen molar-refractivity contribution in [2.75, 3.05) is 25.0 Å². The van der Waals surface area contributed by atoms with Gasteiger partial charge in [-0.25, -0.2) is 0 Å².